The fourth-order valence-corrected chi connectivity index (χ4v) is 8.75. The lowest BCUT2D eigenvalue weighted by Gasteiger charge is -2.33. The zero-order chi connectivity index (χ0) is 39.0. The van der Waals surface area contributed by atoms with Gasteiger partial charge in [0.05, 0.1) is 36.7 Å². The lowest BCUT2D eigenvalue weighted by Crippen LogP contribution is -2.59. The first-order valence-corrected chi connectivity index (χ1v) is 20.0. The average Bonchev–Trinajstić information content (AvgIpc) is 4.01. The molecule has 4 aliphatic rings. The van der Waals surface area contributed by atoms with Crippen molar-refractivity contribution in [1.29, 1.82) is 0 Å². The average molecular weight is 772 g/mol. The van der Waals surface area contributed by atoms with Gasteiger partial charge in [-0.25, -0.2) is 28.2 Å². The molecule has 294 valence electrons. The Labute approximate surface area is 314 Å². The maximum absolute atomic E-state index is 14.6. The number of ether oxygens (including phenoxy) is 3. The Balaban J connectivity index is 1.36. The van der Waals surface area contributed by atoms with Crippen molar-refractivity contribution in [2.45, 2.75) is 108 Å². The molecule has 2 aliphatic carbocycles. The number of carboxylic acid groups (broad SMARTS) is 1. The van der Waals surface area contributed by atoms with Crippen LogP contribution in [0.4, 0.5) is 4.79 Å². The van der Waals surface area contributed by atoms with Gasteiger partial charge in [0, 0.05) is 18.4 Å². The van der Waals surface area contributed by atoms with E-state index in [2.05, 4.69) is 30.3 Å². The number of carbonyl (C=O) groups is 4. The number of allylic oxidation sites excluding steroid dienone is 1. The van der Waals surface area contributed by atoms with Crippen LogP contribution in [0, 0.1) is 17.8 Å². The Morgan fingerprint density at radius 3 is 2.54 bits per heavy atom. The molecular weight excluding hydrogens is 723 g/mol. The fraction of sp³-hybridized carbons (Fsp3) is 0.639. The molecule has 2 aliphatic heterocycles. The Hall–Kier alpha value is -4.74. The highest BCUT2D eigenvalue weighted by Gasteiger charge is 2.63. The van der Waals surface area contributed by atoms with Crippen LogP contribution in [0.15, 0.2) is 24.4 Å². The van der Waals surface area contributed by atoms with Crippen LogP contribution < -0.4 is 29.6 Å². The third kappa shape index (κ3) is 7.88. The number of hydrogen-bond donors (Lipinski definition) is 4. The number of carbonyl (C=O) groups excluding carboxylic acids is 3. The number of nitrogens with zero attached hydrogens (tertiary/aromatic N) is 4. The molecule has 0 spiro atoms. The number of fused-ring (bicyclic) bond motifs is 3. The first kappa shape index (κ1) is 39.0. The van der Waals surface area contributed by atoms with Crippen molar-refractivity contribution in [2.75, 3.05) is 20.3 Å². The minimum absolute atomic E-state index is 0.000550. The monoisotopic (exact) mass is 771 g/mol. The van der Waals surface area contributed by atoms with Crippen molar-refractivity contribution < 1.29 is 46.9 Å². The quantitative estimate of drug-likeness (QED) is 0.255. The molecule has 0 unspecified atom stereocenters. The van der Waals surface area contributed by atoms with Gasteiger partial charge in [-0.1, -0.05) is 32.4 Å². The molecule has 0 radical (unpaired) electrons. The third-order valence-corrected chi connectivity index (χ3v) is 13.3. The van der Waals surface area contributed by atoms with Crippen LogP contribution >= 0.6 is 0 Å². The van der Waals surface area contributed by atoms with E-state index in [4.69, 9.17) is 14.2 Å². The summed E-state index contributed by atoms with van der Waals surface area (Å²) in [5.74, 6) is -2.53. The van der Waals surface area contributed by atoms with E-state index in [0.29, 0.717) is 49.0 Å². The molecule has 0 aromatic carbocycles. The van der Waals surface area contributed by atoms with Crippen molar-refractivity contribution >= 4 is 44.9 Å². The molecule has 0 bridgehead atoms. The minimum atomic E-state index is -4.02. The zero-order valence-corrected chi connectivity index (χ0v) is 32.0. The second kappa shape index (κ2) is 15.2. The SMILES string of the molecule is CCOc1nc2cc(OC)ncc2nc1O[C@@H]1C[C@H]2C(=O)N[C@]3(C(=O)NS(=O)(=O)C4(C)CC4)C[C@H]3C=CCC[C@@H](C)C[C@@H](CC)[C@H](NC(=O)O)C(=O)N2C1. The first-order valence-electron chi connectivity index (χ1n) is 18.5. The van der Waals surface area contributed by atoms with Crippen molar-refractivity contribution in [2.24, 2.45) is 17.8 Å². The molecule has 54 heavy (non-hydrogen) atoms. The molecule has 18 heteroatoms. The summed E-state index contributed by atoms with van der Waals surface area (Å²) in [5, 5.41) is 15.1. The molecule has 17 nitrogen and oxygen atoms in total. The zero-order valence-electron chi connectivity index (χ0n) is 31.2. The Morgan fingerprint density at radius 2 is 1.87 bits per heavy atom. The van der Waals surface area contributed by atoms with Gasteiger partial charge in [0.2, 0.25) is 27.7 Å². The van der Waals surface area contributed by atoms with Crippen LogP contribution in [0.1, 0.15) is 79.1 Å². The molecule has 6 rings (SSSR count). The summed E-state index contributed by atoms with van der Waals surface area (Å²) in [6.07, 6.45) is 6.32. The van der Waals surface area contributed by atoms with Crippen LogP contribution in [-0.4, -0.2) is 106 Å². The van der Waals surface area contributed by atoms with Gasteiger partial charge >= 0.3 is 6.09 Å². The van der Waals surface area contributed by atoms with Crippen LogP contribution in [0.3, 0.4) is 0 Å². The first-order chi connectivity index (χ1) is 25.6. The molecule has 4 N–H and O–H groups in total. The number of amides is 4. The van der Waals surface area contributed by atoms with Crippen molar-refractivity contribution in [3.8, 4) is 17.6 Å². The van der Waals surface area contributed by atoms with Crippen LogP contribution in [0.25, 0.3) is 11.0 Å². The van der Waals surface area contributed by atoms with E-state index < -0.39 is 68.2 Å². The third-order valence-electron chi connectivity index (χ3n) is 11.1. The van der Waals surface area contributed by atoms with Gasteiger partial charge in [-0.05, 0) is 64.2 Å². The summed E-state index contributed by atoms with van der Waals surface area (Å²) in [7, 11) is -2.55. The van der Waals surface area contributed by atoms with E-state index in [1.807, 2.05) is 26.0 Å². The molecule has 3 fully saturated rings. The molecule has 2 saturated carbocycles. The summed E-state index contributed by atoms with van der Waals surface area (Å²) in [6.45, 7) is 7.35. The summed E-state index contributed by atoms with van der Waals surface area (Å²) < 4.78 is 44.8. The lowest BCUT2D eigenvalue weighted by molar-refractivity contribution is -0.142. The molecule has 2 aromatic rings. The largest absolute Gasteiger partial charge is 0.481 e. The predicted molar refractivity (Wildman–Crippen MR) is 194 cm³/mol. The standard InChI is InChI=1S/C36H49N7O10S/c1-6-21-14-20(3)10-8-9-11-22-17-36(22,33(46)42-54(49,50)35(4)12-13-35)41-29(44)26-15-23(19-43(26)32(45)28(21)40-34(47)48)53-31-30(52-7-2)38-24-16-27(51-5)37-18-25(24)39-31/h9,11,16,18,20-23,26,28,40H,6-8,10,12-15,17,19H2,1-5H3,(H,41,44)(H,42,46)(H,47,48)/t20-,21-,22-,23-,26+,28+,36-/m1/s1. The minimum Gasteiger partial charge on any atom is -0.481 e. The number of hydrogen-bond acceptors (Lipinski definition) is 12. The molecule has 7 atom stereocenters. The highest BCUT2D eigenvalue weighted by atomic mass is 32.2. The van der Waals surface area contributed by atoms with Gasteiger partial charge in [-0.2, -0.15) is 0 Å². The molecule has 4 heterocycles. The lowest BCUT2D eigenvalue weighted by atomic mass is 9.85. The van der Waals surface area contributed by atoms with E-state index in [0.717, 1.165) is 6.42 Å². The van der Waals surface area contributed by atoms with E-state index in [1.165, 1.54) is 18.2 Å². The van der Waals surface area contributed by atoms with Gasteiger partial charge in [0.1, 0.15) is 29.2 Å². The summed E-state index contributed by atoms with van der Waals surface area (Å²) in [4.78, 5) is 69.5. The highest BCUT2D eigenvalue weighted by Crippen LogP contribution is 2.47. The van der Waals surface area contributed by atoms with Gasteiger partial charge in [0.25, 0.3) is 17.7 Å². The van der Waals surface area contributed by atoms with Crippen LogP contribution in [0.5, 0.6) is 17.6 Å². The van der Waals surface area contributed by atoms with E-state index >= 15 is 0 Å². The van der Waals surface area contributed by atoms with E-state index in [1.54, 1.807) is 19.9 Å². The maximum atomic E-state index is 14.6. The van der Waals surface area contributed by atoms with Crippen molar-refractivity contribution in [1.82, 2.24) is 35.2 Å². The molecule has 1 saturated heterocycles. The second-order valence-electron chi connectivity index (χ2n) is 15.1. The number of pyridine rings is 1. The predicted octanol–water partition coefficient (Wildman–Crippen LogP) is 2.69. The van der Waals surface area contributed by atoms with E-state index in [9.17, 15) is 32.7 Å². The Kier molecular flexibility index (Phi) is 11.0. The Morgan fingerprint density at radius 1 is 1.13 bits per heavy atom. The number of aromatic nitrogens is 3. The molecule has 2 aromatic heterocycles. The fourth-order valence-electron chi connectivity index (χ4n) is 7.43. The number of nitrogens with one attached hydrogen (secondary N) is 3. The Bertz CT molecular complexity index is 1940. The second-order valence-corrected chi connectivity index (χ2v) is 17.3. The van der Waals surface area contributed by atoms with Gasteiger partial charge in [-0.15, -0.1) is 0 Å². The van der Waals surface area contributed by atoms with Gasteiger partial charge < -0.3 is 34.9 Å². The normalized spacial score (nSPS) is 29.5. The van der Waals surface area contributed by atoms with Crippen molar-refractivity contribution in [3.63, 3.8) is 0 Å². The van der Waals surface area contributed by atoms with E-state index in [-0.39, 0.29) is 49.6 Å². The summed E-state index contributed by atoms with van der Waals surface area (Å²) in [6, 6.07) is -0.809. The number of methoxy groups -OCH3 is 1. The topological polar surface area (TPSA) is 228 Å². The van der Waals surface area contributed by atoms with Crippen LogP contribution in [-0.2, 0) is 24.4 Å². The number of rotatable bonds is 10. The molecule has 4 amide bonds. The van der Waals surface area contributed by atoms with Gasteiger partial charge in [0.15, 0.2) is 0 Å². The van der Waals surface area contributed by atoms with Crippen molar-refractivity contribution in [3.05, 3.63) is 24.4 Å². The summed E-state index contributed by atoms with van der Waals surface area (Å²) in [5.41, 5.74) is -0.767. The maximum Gasteiger partial charge on any atom is 0.405 e. The van der Waals surface area contributed by atoms with Gasteiger partial charge in [-0.3, -0.25) is 19.1 Å². The van der Waals surface area contributed by atoms with Crippen LogP contribution in [0.2, 0.25) is 0 Å². The smallest absolute Gasteiger partial charge is 0.405 e. The highest BCUT2D eigenvalue weighted by molar-refractivity contribution is 7.91. The number of sulfonamides is 1. The molecular formula is C36H49N7O10S. The summed E-state index contributed by atoms with van der Waals surface area (Å²) >= 11 is 0.